The van der Waals surface area contributed by atoms with Crippen LogP contribution in [0.3, 0.4) is 0 Å². The lowest BCUT2D eigenvalue weighted by Crippen LogP contribution is -2.39. The fourth-order valence-corrected chi connectivity index (χ4v) is 1.31. The van der Waals surface area contributed by atoms with E-state index < -0.39 is 0 Å². The molecule has 0 aromatic carbocycles. The molecule has 0 aromatic heterocycles. The molecule has 2 aliphatic heterocycles. The number of nitrogens with one attached hydrogen (secondary N) is 1. The van der Waals surface area contributed by atoms with Crippen LogP contribution in [-0.4, -0.2) is 38.5 Å². The van der Waals surface area contributed by atoms with Crippen molar-refractivity contribution in [3.8, 4) is 0 Å². The Morgan fingerprint density at radius 3 is 2.70 bits per heavy atom. The Bertz CT molecular complexity index is 108. The van der Waals surface area contributed by atoms with Crippen LogP contribution < -0.4 is 5.32 Å². The minimum absolute atomic E-state index is 0.393. The van der Waals surface area contributed by atoms with Crippen molar-refractivity contribution in [2.24, 2.45) is 0 Å². The maximum Gasteiger partial charge on any atom is 0.105 e. The van der Waals surface area contributed by atoms with Crippen LogP contribution in [0.5, 0.6) is 0 Å². The van der Waals surface area contributed by atoms with Gasteiger partial charge in [-0.1, -0.05) is 0 Å². The molecule has 2 rings (SSSR count). The van der Waals surface area contributed by atoms with Gasteiger partial charge in [-0.05, 0) is 13.0 Å². The summed E-state index contributed by atoms with van der Waals surface area (Å²) in [6.07, 6.45) is 2.01. The Hall–Kier alpha value is -0.120. The summed E-state index contributed by atoms with van der Waals surface area (Å²) in [6, 6.07) is 0. The fourth-order valence-electron chi connectivity index (χ4n) is 1.31. The van der Waals surface area contributed by atoms with Gasteiger partial charge >= 0.3 is 0 Å². The normalized spacial score (nSPS) is 34.2. The molecule has 0 unspecified atom stereocenters. The average molecular weight is 143 g/mol. The topological polar surface area (TPSA) is 30.5 Å². The zero-order chi connectivity index (χ0) is 6.81. The van der Waals surface area contributed by atoms with Crippen LogP contribution in [0.1, 0.15) is 6.42 Å². The van der Waals surface area contributed by atoms with Crippen LogP contribution in [-0.2, 0) is 9.47 Å². The van der Waals surface area contributed by atoms with Gasteiger partial charge in [0.05, 0.1) is 19.3 Å². The fraction of sp³-hybridized carbons (Fsp3) is 1.00. The smallest absolute Gasteiger partial charge is 0.105 e. The lowest BCUT2D eigenvalue weighted by atomic mass is 10.3. The van der Waals surface area contributed by atoms with Crippen LogP contribution in [0.2, 0.25) is 0 Å². The van der Waals surface area contributed by atoms with Crippen molar-refractivity contribution < 1.29 is 9.47 Å². The van der Waals surface area contributed by atoms with Gasteiger partial charge in [0.25, 0.3) is 0 Å². The molecular weight excluding hydrogens is 130 g/mol. The summed E-state index contributed by atoms with van der Waals surface area (Å²) in [6.45, 7) is 3.74. The van der Waals surface area contributed by atoms with Crippen molar-refractivity contribution >= 4 is 0 Å². The molecule has 1 atom stereocenters. The summed E-state index contributed by atoms with van der Waals surface area (Å²) < 4.78 is 10.7. The van der Waals surface area contributed by atoms with E-state index in [1.54, 1.807) is 0 Å². The van der Waals surface area contributed by atoms with E-state index in [0.29, 0.717) is 12.2 Å². The molecule has 0 amide bonds. The van der Waals surface area contributed by atoms with E-state index in [4.69, 9.17) is 9.47 Å². The molecule has 2 heterocycles. The third kappa shape index (κ3) is 1.31. The van der Waals surface area contributed by atoms with E-state index in [0.717, 1.165) is 32.7 Å². The Labute approximate surface area is 60.7 Å². The minimum atomic E-state index is 0.393. The van der Waals surface area contributed by atoms with Crippen LogP contribution in [0.4, 0.5) is 0 Å². The van der Waals surface area contributed by atoms with E-state index in [1.165, 1.54) is 0 Å². The first-order chi connectivity index (χ1) is 4.95. The van der Waals surface area contributed by atoms with E-state index in [9.17, 15) is 0 Å². The second-order valence-electron chi connectivity index (χ2n) is 2.91. The summed E-state index contributed by atoms with van der Waals surface area (Å²) >= 11 is 0. The quantitative estimate of drug-likeness (QED) is 0.579. The molecule has 0 bridgehead atoms. The van der Waals surface area contributed by atoms with Crippen molar-refractivity contribution in [2.45, 2.75) is 18.6 Å². The first-order valence-corrected chi connectivity index (χ1v) is 3.89. The van der Waals surface area contributed by atoms with Crippen molar-refractivity contribution in [1.29, 1.82) is 0 Å². The largest absolute Gasteiger partial charge is 0.376 e. The van der Waals surface area contributed by atoms with Crippen molar-refractivity contribution in [2.75, 3.05) is 26.3 Å². The molecule has 2 fully saturated rings. The highest BCUT2D eigenvalue weighted by Crippen LogP contribution is 2.12. The molecule has 1 N–H and O–H groups in total. The molecule has 3 heteroatoms. The van der Waals surface area contributed by atoms with E-state index in [2.05, 4.69) is 5.32 Å². The Morgan fingerprint density at radius 2 is 2.20 bits per heavy atom. The number of rotatable bonds is 2. The highest BCUT2D eigenvalue weighted by molar-refractivity contribution is 4.75. The molecule has 58 valence electrons. The molecule has 0 spiro atoms. The predicted octanol–water partition coefficient (Wildman–Crippen LogP) is -0.236. The van der Waals surface area contributed by atoms with Crippen LogP contribution in [0.25, 0.3) is 0 Å². The lowest BCUT2D eigenvalue weighted by Gasteiger charge is -2.28. The molecule has 2 aliphatic rings. The lowest BCUT2D eigenvalue weighted by molar-refractivity contribution is -0.150. The van der Waals surface area contributed by atoms with Crippen LogP contribution in [0.15, 0.2) is 0 Å². The first kappa shape index (κ1) is 6.58. The molecule has 0 radical (unpaired) electrons. The van der Waals surface area contributed by atoms with Crippen molar-refractivity contribution in [1.82, 2.24) is 5.32 Å². The molecular formula is C7H13NO2. The molecule has 0 aromatic rings. The molecule has 10 heavy (non-hydrogen) atoms. The van der Waals surface area contributed by atoms with E-state index in [1.807, 2.05) is 0 Å². The van der Waals surface area contributed by atoms with Gasteiger partial charge in [0.15, 0.2) is 0 Å². The van der Waals surface area contributed by atoms with Gasteiger partial charge in [-0.3, -0.25) is 0 Å². The summed E-state index contributed by atoms with van der Waals surface area (Å²) in [5, 5.41) is 3.26. The summed E-state index contributed by atoms with van der Waals surface area (Å²) in [7, 11) is 0. The maximum absolute atomic E-state index is 5.66. The predicted molar refractivity (Wildman–Crippen MR) is 37.0 cm³/mol. The highest BCUT2D eigenvalue weighted by Gasteiger charge is 2.24. The zero-order valence-corrected chi connectivity index (χ0v) is 6.01. The molecule has 0 aliphatic carbocycles. The van der Waals surface area contributed by atoms with Crippen molar-refractivity contribution in [3.05, 3.63) is 0 Å². The third-order valence-electron chi connectivity index (χ3n) is 2.01. The monoisotopic (exact) mass is 143 g/mol. The summed E-state index contributed by atoms with van der Waals surface area (Å²) in [5.74, 6) is 0. The summed E-state index contributed by atoms with van der Waals surface area (Å²) in [4.78, 5) is 0. The maximum atomic E-state index is 5.66. The number of hydrogen-bond donors (Lipinski definition) is 1. The Kier molecular flexibility index (Phi) is 1.88. The van der Waals surface area contributed by atoms with Gasteiger partial charge in [-0.2, -0.15) is 0 Å². The second-order valence-corrected chi connectivity index (χ2v) is 2.91. The number of ether oxygens (including phenoxy) is 2. The second kappa shape index (κ2) is 2.86. The van der Waals surface area contributed by atoms with Gasteiger partial charge < -0.3 is 14.8 Å². The molecule has 3 nitrogen and oxygen atoms in total. The van der Waals surface area contributed by atoms with Crippen molar-refractivity contribution in [3.63, 3.8) is 0 Å². The standard InChI is InChI=1S/C7H13NO2/c1-2-8-3-6(1)10-7-4-9-5-7/h6-8H,1-5H2/t6-/m0/s1. The average Bonchev–Trinajstić information content (AvgIpc) is 2.29. The number of hydrogen-bond acceptors (Lipinski definition) is 3. The Balaban J connectivity index is 1.68. The van der Waals surface area contributed by atoms with Gasteiger partial charge in [0, 0.05) is 6.54 Å². The van der Waals surface area contributed by atoms with Gasteiger partial charge in [0.2, 0.25) is 0 Å². The van der Waals surface area contributed by atoms with E-state index >= 15 is 0 Å². The van der Waals surface area contributed by atoms with Crippen LogP contribution in [0, 0.1) is 0 Å². The van der Waals surface area contributed by atoms with Gasteiger partial charge in [0.1, 0.15) is 6.10 Å². The molecule has 0 saturated carbocycles. The van der Waals surface area contributed by atoms with Gasteiger partial charge in [-0.25, -0.2) is 0 Å². The first-order valence-electron chi connectivity index (χ1n) is 3.89. The third-order valence-corrected chi connectivity index (χ3v) is 2.01. The van der Waals surface area contributed by atoms with Crippen LogP contribution >= 0.6 is 0 Å². The Morgan fingerprint density at radius 1 is 1.30 bits per heavy atom. The van der Waals surface area contributed by atoms with Gasteiger partial charge in [-0.15, -0.1) is 0 Å². The highest BCUT2D eigenvalue weighted by atomic mass is 16.6. The SMILES string of the molecule is C1C[C@H](OC2COC2)CN1. The minimum Gasteiger partial charge on any atom is -0.376 e. The molecule has 2 saturated heterocycles. The zero-order valence-electron chi connectivity index (χ0n) is 6.01. The summed E-state index contributed by atoms with van der Waals surface area (Å²) in [5.41, 5.74) is 0. The van der Waals surface area contributed by atoms with E-state index in [-0.39, 0.29) is 0 Å².